The standard InChI is InChI=1S/C28H38N4O2S/c1-21-13-15-32(16-14-21)26-12-11-23(18-29-26)19-31-28(34)24-9-5-6-10-25(24)35-20-27(33)30-17-22-7-3-2-4-8-22/h5-6,9-12,18,21-22H,2-4,7-8,13-17,19-20H2,1H3,(H,30,33)(H,31,34). The normalized spacial score (nSPS) is 17.2. The summed E-state index contributed by atoms with van der Waals surface area (Å²) in [7, 11) is 0. The molecule has 1 saturated heterocycles. The Morgan fingerprint density at radius 3 is 2.51 bits per heavy atom. The lowest BCUT2D eigenvalue weighted by atomic mass is 9.89. The molecule has 6 nitrogen and oxygen atoms in total. The quantitative estimate of drug-likeness (QED) is 0.478. The highest BCUT2D eigenvalue weighted by Gasteiger charge is 2.18. The minimum atomic E-state index is -0.134. The number of amides is 2. The van der Waals surface area contributed by atoms with Gasteiger partial charge in [-0.25, -0.2) is 4.98 Å². The van der Waals surface area contributed by atoms with Crippen LogP contribution in [0, 0.1) is 11.8 Å². The molecule has 188 valence electrons. The van der Waals surface area contributed by atoms with Gasteiger partial charge in [-0.3, -0.25) is 9.59 Å². The number of hydrogen-bond donors (Lipinski definition) is 2. The van der Waals surface area contributed by atoms with Gasteiger partial charge < -0.3 is 15.5 Å². The number of hydrogen-bond acceptors (Lipinski definition) is 5. The number of benzene rings is 1. The van der Waals surface area contributed by atoms with Crippen molar-refractivity contribution in [1.29, 1.82) is 0 Å². The van der Waals surface area contributed by atoms with Crippen LogP contribution in [-0.4, -0.2) is 42.2 Å². The zero-order chi connectivity index (χ0) is 24.5. The SMILES string of the molecule is CC1CCN(c2ccc(CNC(=O)c3ccccc3SCC(=O)NCC3CCCCC3)cn2)CC1. The van der Waals surface area contributed by atoms with Crippen molar-refractivity contribution < 1.29 is 9.59 Å². The highest BCUT2D eigenvalue weighted by molar-refractivity contribution is 8.00. The first-order chi connectivity index (χ1) is 17.1. The molecule has 2 aliphatic rings. The molecule has 0 bridgehead atoms. The van der Waals surface area contributed by atoms with E-state index in [0.717, 1.165) is 41.8 Å². The molecule has 0 unspecified atom stereocenters. The van der Waals surface area contributed by atoms with Crippen LogP contribution in [-0.2, 0) is 11.3 Å². The number of piperidine rings is 1. The van der Waals surface area contributed by atoms with Gasteiger partial charge in [0.15, 0.2) is 0 Å². The van der Waals surface area contributed by atoms with E-state index in [0.29, 0.717) is 23.8 Å². The molecule has 0 atom stereocenters. The van der Waals surface area contributed by atoms with Crippen LogP contribution in [0.15, 0.2) is 47.5 Å². The fourth-order valence-corrected chi connectivity index (χ4v) is 5.73. The Kier molecular flexibility index (Phi) is 9.46. The van der Waals surface area contributed by atoms with Gasteiger partial charge in [-0.1, -0.05) is 44.4 Å². The summed E-state index contributed by atoms with van der Waals surface area (Å²) in [5.41, 5.74) is 1.57. The molecule has 2 fully saturated rings. The fourth-order valence-electron chi connectivity index (χ4n) is 4.85. The predicted molar refractivity (Wildman–Crippen MR) is 143 cm³/mol. The maximum Gasteiger partial charge on any atom is 0.252 e. The molecule has 7 heteroatoms. The first-order valence-electron chi connectivity index (χ1n) is 13.0. The smallest absolute Gasteiger partial charge is 0.252 e. The fraction of sp³-hybridized carbons (Fsp3) is 0.536. The molecule has 0 radical (unpaired) electrons. The van der Waals surface area contributed by atoms with Crippen LogP contribution in [0.3, 0.4) is 0 Å². The van der Waals surface area contributed by atoms with Crippen LogP contribution < -0.4 is 15.5 Å². The number of rotatable bonds is 9. The van der Waals surface area contributed by atoms with Crippen LogP contribution in [0.25, 0.3) is 0 Å². The van der Waals surface area contributed by atoms with Gasteiger partial charge in [-0.15, -0.1) is 11.8 Å². The third-order valence-corrected chi connectivity index (χ3v) is 8.25. The Hall–Kier alpha value is -2.54. The molecule has 1 aromatic carbocycles. The summed E-state index contributed by atoms with van der Waals surface area (Å²) in [5.74, 6) is 2.63. The number of carbonyl (C=O) groups excluding carboxylic acids is 2. The Bertz CT molecular complexity index is 967. The van der Waals surface area contributed by atoms with E-state index in [4.69, 9.17) is 0 Å². The van der Waals surface area contributed by atoms with Crippen molar-refractivity contribution in [2.24, 2.45) is 11.8 Å². The average molecular weight is 495 g/mol. The maximum atomic E-state index is 12.9. The third-order valence-electron chi connectivity index (χ3n) is 7.17. The number of anilines is 1. The summed E-state index contributed by atoms with van der Waals surface area (Å²) in [6, 6.07) is 11.6. The summed E-state index contributed by atoms with van der Waals surface area (Å²) >= 11 is 1.42. The third kappa shape index (κ3) is 7.72. The van der Waals surface area contributed by atoms with E-state index in [-0.39, 0.29) is 11.8 Å². The van der Waals surface area contributed by atoms with E-state index in [1.54, 1.807) is 0 Å². The zero-order valence-electron chi connectivity index (χ0n) is 20.8. The van der Waals surface area contributed by atoms with E-state index in [9.17, 15) is 9.59 Å². The minimum absolute atomic E-state index is 0.0325. The number of pyridine rings is 1. The van der Waals surface area contributed by atoms with Gasteiger partial charge in [0.05, 0.1) is 11.3 Å². The van der Waals surface area contributed by atoms with Crippen LogP contribution in [0.5, 0.6) is 0 Å². The molecule has 2 amide bonds. The lowest BCUT2D eigenvalue weighted by Gasteiger charge is -2.31. The summed E-state index contributed by atoms with van der Waals surface area (Å²) in [6.45, 7) is 5.60. The van der Waals surface area contributed by atoms with Crippen molar-refractivity contribution in [2.45, 2.75) is 63.3 Å². The second kappa shape index (κ2) is 13.0. The summed E-state index contributed by atoms with van der Waals surface area (Å²) < 4.78 is 0. The molecule has 2 N–H and O–H groups in total. The Labute approximate surface area is 213 Å². The molecule has 1 aliphatic carbocycles. The van der Waals surface area contributed by atoms with Gasteiger partial charge in [0.1, 0.15) is 5.82 Å². The summed E-state index contributed by atoms with van der Waals surface area (Å²) in [5, 5.41) is 6.09. The molecule has 4 rings (SSSR count). The maximum absolute atomic E-state index is 12.9. The largest absolute Gasteiger partial charge is 0.357 e. The first-order valence-corrected chi connectivity index (χ1v) is 14.0. The number of thioether (sulfide) groups is 1. The molecule has 1 aromatic heterocycles. The van der Waals surface area contributed by atoms with E-state index in [2.05, 4.69) is 27.4 Å². The number of nitrogens with one attached hydrogen (secondary N) is 2. The van der Waals surface area contributed by atoms with Crippen molar-refractivity contribution >= 4 is 29.4 Å². The number of aromatic nitrogens is 1. The Balaban J connectivity index is 1.24. The molecule has 0 spiro atoms. The zero-order valence-corrected chi connectivity index (χ0v) is 21.6. The average Bonchev–Trinajstić information content (AvgIpc) is 2.91. The van der Waals surface area contributed by atoms with Crippen LogP contribution in [0.1, 0.15) is 67.8 Å². The van der Waals surface area contributed by atoms with E-state index >= 15 is 0 Å². The molecule has 1 aliphatic heterocycles. The molecular weight excluding hydrogens is 456 g/mol. The lowest BCUT2D eigenvalue weighted by molar-refractivity contribution is -0.118. The van der Waals surface area contributed by atoms with Gasteiger partial charge >= 0.3 is 0 Å². The van der Waals surface area contributed by atoms with Crippen LogP contribution in [0.2, 0.25) is 0 Å². The lowest BCUT2D eigenvalue weighted by Crippen LogP contribution is -2.33. The van der Waals surface area contributed by atoms with E-state index in [1.165, 1.54) is 56.7 Å². The first kappa shape index (κ1) is 25.5. The van der Waals surface area contributed by atoms with E-state index in [1.807, 2.05) is 42.6 Å². The van der Waals surface area contributed by atoms with Crippen molar-refractivity contribution in [3.8, 4) is 0 Å². The van der Waals surface area contributed by atoms with Crippen molar-refractivity contribution in [3.63, 3.8) is 0 Å². The van der Waals surface area contributed by atoms with Gasteiger partial charge in [-0.2, -0.15) is 0 Å². The molecule has 2 heterocycles. The van der Waals surface area contributed by atoms with Crippen molar-refractivity contribution in [1.82, 2.24) is 15.6 Å². The minimum Gasteiger partial charge on any atom is -0.357 e. The highest BCUT2D eigenvalue weighted by Crippen LogP contribution is 2.25. The highest BCUT2D eigenvalue weighted by atomic mass is 32.2. The van der Waals surface area contributed by atoms with Gasteiger partial charge in [-0.05, 0) is 61.3 Å². The van der Waals surface area contributed by atoms with Gasteiger partial charge in [0.2, 0.25) is 5.91 Å². The van der Waals surface area contributed by atoms with E-state index < -0.39 is 0 Å². The second-order valence-corrected chi connectivity index (χ2v) is 11.0. The summed E-state index contributed by atoms with van der Waals surface area (Å²) in [4.78, 5) is 33.1. The Morgan fingerprint density at radius 2 is 1.77 bits per heavy atom. The number of nitrogens with zero attached hydrogens (tertiary/aromatic N) is 2. The van der Waals surface area contributed by atoms with Crippen molar-refractivity contribution in [3.05, 3.63) is 53.7 Å². The molecule has 35 heavy (non-hydrogen) atoms. The monoisotopic (exact) mass is 494 g/mol. The molecule has 2 aromatic rings. The van der Waals surface area contributed by atoms with Crippen molar-refractivity contribution in [2.75, 3.05) is 30.3 Å². The number of carbonyl (C=O) groups is 2. The van der Waals surface area contributed by atoms with Gasteiger partial charge in [0, 0.05) is 37.3 Å². The molecule has 1 saturated carbocycles. The predicted octanol–water partition coefficient (Wildman–Crippen LogP) is 5.04. The molecular formula is C28H38N4O2S. The summed E-state index contributed by atoms with van der Waals surface area (Å²) in [6.07, 6.45) is 10.6. The second-order valence-electron chi connectivity index (χ2n) is 9.97. The Morgan fingerprint density at radius 1 is 1.00 bits per heavy atom. The van der Waals surface area contributed by atoms with Crippen LogP contribution in [0.4, 0.5) is 5.82 Å². The topological polar surface area (TPSA) is 74.3 Å². The van der Waals surface area contributed by atoms with Crippen LogP contribution >= 0.6 is 11.8 Å². The van der Waals surface area contributed by atoms with Gasteiger partial charge in [0.25, 0.3) is 5.91 Å².